The van der Waals surface area contributed by atoms with Gasteiger partial charge in [0.25, 0.3) is 0 Å². The highest BCUT2D eigenvalue weighted by molar-refractivity contribution is 5.45. The number of nitrogens with one attached hydrogen (secondary N) is 2. The van der Waals surface area contributed by atoms with Crippen molar-refractivity contribution >= 4 is 5.69 Å². The molecule has 4 N–H and O–H groups in total. The van der Waals surface area contributed by atoms with Gasteiger partial charge in [0.15, 0.2) is 0 Å². The second kappa shape index (κ2) is 4.45. The van der Waals surface area contributed by atoms with E-state index in [2.05, 4.69) is 34.2 Å². The summed E-state index contributed by atoms with van der Waals surface area (Å²) < 4.78 is 0. The van der Waals surface area contributed by atoms with Crippen LogP contribution in [-0.4, -0.2) is 9.97 Å². The summed E-state index contributed by atoms with van der Waals surface area (Å²) >= 11 is 0. The molecule has 0 atom stereocenters. The molecule has 0 aliphatic heterocycles. The first-order valence-corrected chi connectivity index (χ1v) is 5.96. The lowest BCUT2D eigenvalue weighted by Gasteiger charge is -2.15. The first-order valence-electron chi connectivity index (χ1n) is 5.96. The summed E-state index contributed by atoms with van der Waals surface area (Å²) in [7, 11) is 0. The van der Waals surface area contributed by atoms with Crippen LogP contribution in [0.3, 0.4) is 0 Å². The maximum atomic E-state index is 5.75. The molecule has 3 aromatic rings. The van der Waals surface area contributed by atoms with Gasteiger partial charge in [0.1, 0.15) is 0 Å². The predicted octanol–water partition coefficient (Wildman–Crippen LogP) is 3.11. The van der Waals surface area contributed by atoms with E-state index in [1.807, 2.05) is 36.7 Å². The number of benzene rings is 1. The van der Waals surface area contributed by atoms with E-state index in [1.54, 1.807) is 0 Å². The number of hydrogen-bond donors (Lipinski definition) is 3. The molecular formula is C15H15N3. The number of aromatic nitrogens is 2. The number of anilines is 1. The molecule has 2 aromatic heterocycles. The summed E-state index contributed by atoms with van der Waals surface area (Å²) in [4.78, 5) is 6.57. The number of nitrogen functional groups attached to an aromatic ring is 1. The van der Waals surface area contributed by atoms with Gasteiger partial charge in [0.2, 0.25) is 0 Å². The lowest BCUT2D eigenvalue weighted by molar-refractivity contribution is 0.898. The van der Waals surface area contributed by atoms with Crippen LogP contribution in [0.2, 0.25) is 0 Å². The monoisotopic (exact) mass is 237 g/mol. The van der Waals surface area contributed by atoms with E-state index >= 15 is 0 Å². The summed E-state index contributed by atoms with van der Waals surface area (Å²) in [5, 5.41) is 0. The maximum Gasteiger partial charge on any atom is 0.0641 e. The zero-order valence-corrected chi connectivity index (χ0v) is 9.93. The van der Waals surface area contributed by atoms with Crippen LogP contribution >= 0.6 is 0 Å². The number of hydrogen-bond acceptors (Lipinski definition) is 1. The Morgan fingerprint density at radius 3 is 1.78 bits per heavy atom. The molecule has 0 unspecified atom stereocenters. The van der Waals surface area contributed by atoms with Crippen LogP contribution in [0.5, 0.6) is 0 Å². The summed E-state index contributed by atoms with van der Waals surface area (Å²) in [6, 6.07) is 16.3. The normalized spacial score (nSPS) is 10.9. The molecule has 0 amide bonds. The average molecular weight is 237 g/mol. The van der Waals surface area contributed by atoms with Gasteiger partial charge in [0.05, 0.1) is 5.92 Å². The van der Waals surface area contributed by atoms with Crippen LogP contribution in [0.15, 0.2) is 60.9 Å². The minimum Gasteiger partial charge on any atom is -0.399 e. The lowest BCUT2D eigenvalue weighted by atomic mass is 9.92. The maximum absolute atomic E-state index is 5.75. The molecule has 1 aromatic carbocycles. The molecule has 0 bridgehead atoms. The quantitative estimate of drug-likeness (QED) is 0.602. The zero-order valence-electron chi connectivity index (χ0n) is 9.93. The summed E-state index contributed by atoms with van der Waals surface area (Å²) in [5.41, 5.74) is 10.1. The lowest BCUT2D eigenvalue weighted by Crippen LogP contribution is -2.04. The van der Waals surface area contributed by atoms with Crippen LogP contribution in [0.25, 0.3) is 0 Å². The number of aromatic amines is 2. The van der Waals surface area contributed by atoms with Crippen molar-refractivity contribution in [2.24, 2.45) is 0 Å². The molecule has 0 saturated carbocycles. The number of nitrogens with two attached hydrogens (primary N) is 1. The van der Waals surface area contributed by atoms with Gasteiger partial charge in [-0.25, -0.2) is 0 Å². The van der Waals surface area contributed by atoms with Crippen molar-refractivity contribution in [3.63, 3.8) is 0 Å². The molecule has 0 saturated heterocycles. The SMILES string of the molecule is Nc1ccc(C(c2ccc[nH]2)c2ccc[nH]2)cc1. The second-order valence-electron chi connectivity index (χ2n) is 4.35. The molecule has 0 fully saturated rings. The van der Waals surface area contributed by atoms with Crippen molar-refractivity contribution in [1.29, 1.82) is 0 Å². The van der Waals surface area contributed by atoms with Gasteiger partial charge in [-0.2, -0.15) is 0 Å². The molecule has 3 rings (SSSR count). The van der Waals surface area contributed by atoms with E-state index in [1.165, 1.54) is 17.0 Å². The van der Waals surface area contributed by atoms with Crippen molar-refractivity contribution in [2.75, 3.05) is 5.73 Å². The smallest absolute Gasteiger partial charge is 0.0641 e. The van der Waals surface area contributed by atoms with Gasteiger partial charge in [-0.1, -0.05) is 12.1 Å². The van der Waals surface area contributed by atoms with Crippen LogP contribution in [0, 0.1) is 0 Å². The van der Waals surface area contributed by atoms with Crippen LogP contribution in [0.4, 0.5) is 5.69 Å². The molecule has 90 valence electrons. The third-order valence-corrected chi connectivity index (χ3v) is 3.14. The van der Waals surface area contributed by atoms with Gasteiger partial charge in [0, 0.05) is 29.5 Å². The van der Waals surface area contributed by atoms with Crippen molar-refractivity contribution < 1.29 is 0 Å². The van der Waals surface area contributed by atoms with Gasteiger partial charge in [-0.3, -0.25) is 0 Å². The summed E-state index contributed by atoms with van der Waals surface area (Å²) in [6.07, 6.45) is 3.89. The zero-order chi connectivity index (χ0) is 12.4. The topological polar surface area (TPSA) is 57.6 Å². The molecule has 0 aliphatic carbocycles. The van der Waals surface area contributed by atoms with E-state index in [-0.39, 0.29) is 5.92 Å². The first-order chi connectivity index (χ1) is 8.84. The molecule has 0 spiro atoms. The molecule has 3 nitrogen and oxygen atoms in total. The minimum atomic E-state index is 0.190. The molecule has 18 heavy (non-hydrogen) atoms. The van der Waals surface area contributed by atoms with Gasteiger partial charge in [-0.15, -0.1) is 0 Å². The summed E-state index contributed by atoms with van der Waals surface area (Å²) in [5.74, 6) is 0.190. The minimum absolute atomic E-state index is 0.190. The highest BCUT2D eigenvalue weighted by Gasteiger charge is 2.17. The first kappa shape index (κ1) is 10.7. The van der Waals surface area contributed by atoms with Gasteiger partial charge in [-0.05, 0) is 42.0 Å². The Hall–Kier alpha value is -2.42. The standard InChI is InChI=1S/C15H15N3/c16-12-7-5-11(6-8-12)15(13-3-1-9-17-13)14-4-2-10-18-14/h1-10,15,17-18H,16H2. The largest absolute Gasteiger partial charge is 0.399 e. The molecule has 0 aliphatic rings. The highest BCUT2D eigenvalue weighted by Crippen LogP contribution is 2.30. The Labute approximate surface area is 106 Å². The fraction of sp³-hybridized carbons (Fsp3) is 0.0667. The Balaban J connectivity index is 2.08. The molecule has 2 heterocycles. The summed E-state index contributed by atoms with van der Waals surface area (Å²) in [6.45, 7) is 0. The fourth-order valence-corrected chi connectivity index (χ4v) is 2.26. The Morgan fingerprint density at radius 2 is 1.33 bits per heavy atom. The van der Waals surface area contributed by atoms with Crippen molar-refractivity contribution in [3.8, 4) is 0 Å². The van der Waals surface area contributed by atoms with E-state index in [0.29, 0.717) is 0 Å². The van der Waals surface area contributed by atoms with Crippen molar-refractivity contribution in [2.45, 2.75) is 5.92 Å². The van der Waals surface area contributed by atoms with Crippen LogP contribution < -0.4 is 5.73 Å². The van der Waals surface area contributed by atoms with Gasteiger partial charge < -0.3 is 15.7 Å². The fourth-order valence-electron chi connectivity index (χ4n) is 2.26. The second-order valence-corrected chi connectivity index (χ2v) is 4.35. The number of H-pyrrole nitrogens is 2. The third kappa shape index (κ3) is 1.91. The predicted molar refractivity (Wildman–Crippen MR) is 73.4 cm³/mol. The highest BCUT2D eigenvalue weighted by atomic mass is 14.7. The van der Waals surface area contributed by atoms with E-state index in [9.17, 15) is 0 Å². The average Bonchev–Trinajstić information content (AvgIpc) is 3.06. The van der Waals surface area contributed by atoms with E-state index in [0.717, 1.165) is 5.69 Å². The van der Waals surface area contributed by atoms with E-state index in [4.69, 9.17) is 5.73 Å². The Kier molecular flexibility index (Phi) is 2.65. The van der Waals surface area contributed by atoms with Crippen molar-refractivity contribution in [1.82, 2.24) is 9.97 Å². The third-order valence-electron chi connectivity index (χ3n) is 3.14. The van der Waals surface area contributed by atoms with Crippen molar-refractivity contribution in [3.05, 3.63) is 77.9 Å². The molecule has 0 radical (unpaired) electrons. The van der Waals surface area contributed by atoms with Crippen LogP contribution in [-0.2, 0) is 0 Å². The Morgan fingerprint density at radius 1 is 0.778 bits per heavy atom. The van der Waals surface area contributed by atoms with Gasteiger partial charge >= 0.3 is 0 Å². The Bertz CT molecular complexity index is 558. The molecule has 3 heteroatoms. The van der Waals surface area contributed by atoms with Crippen LogP contribution in [0.1, 0.15) is 22.9 Å². The van der Waals surface area contributed by atoms with E-state index < -0.39 is 0 Å². The molecular weight excluding hydrogens is 222 g/mol. The number of rotatable bonds is 3.